The molecule has 0 fully saturated rings. The lowest BCUT2D eigenvalue weighted by Gasteiger charge is -2.46. The number of fused-ring (bicyclic) bond motifs is 12. The Labute approximate surface area is 336 Å². The van der Waals surface area contributed by atoms with Gasteiger partial charge in [-0.3, -0.25) is 0 Å². The summed E-state index contributed by atoms with van der Waals surface area (Å²) in [5.74, 6) is 0. The zero-order valence-electron chi connectivity index (χ0n) is 34.6. The Morgan fingerprint density at radius 3 is 1.96 bits per heavy atom. The fourth-order valence-corrected chi connectivity index (χ4v) is 11.7. The van der Waals surface area contributed by atoms with Crippen molar-refractivity contribution in [2.45, 2.75) is 104 Å². The average Bonchev–Trinajstić information content (AvgIpc) is 3.69. The summed E-state index contributed by atoms with van der Waals surface area (Å²) in [5.41, 5.74) is 18.2. The van der Waals surface area contributed by atoms with Crippen molar-refractivity contribution in [1.82, 2.24) is 4.57 Å². The van der Waals surface area contributed by atoms with Crippen LogP contribution in [0.5, 0.6) is 0 Å². The molecular weight excluding hydrogens is 695 g/mol. The molecular formula is C52H51BN2S. The van der Waals surface area contributed by atoms with Crippen molar-refractivity contribution in [2.24, 2.45) is 0 Å². The summed E-state index contributed by atoms with van der Waals surface area (Å²) in [5, 5.41) is 5.39. The van der Waals surface area contributed by atoms with Gasteiger partial charge in [-0.15, -0.1) is 11.3 Å². The van der Waals surface area contributed by atoms with Gasteiger partial charge in [0.05, 0.1) is 11.0 Å². The van der Waals surface area contributed by atoms with Crippen LogP contribution in [0.15, 0.2) is 103 Å². The first-order valence-electron chi connectivity index (χ1n) is 20.7. The summed E-state index contributed by atoms with van der Waals surface area (Å²) < 4.78 is 5.34. The largest absolute Gasteiger partial charge is 0.376 e. The number of rotatable bonds is 1. The van der Waals surface area contributed by atoms with Crippen LogP contribution in [0.2, 0.25) is 0 Å². The van der Waals surface area contributed by atoms with Gasteiger partial charge in [-0.05, 0) is 122 Å². The van der Waals surface area contributed by atoms with E-state index >= 15 is 0 Å². The molecule has 2 aliphatic heterocycles. The fraction of sp³-hybridized carbons (Fsp3) is 0.308. The third kappa shape index (κ3) is 4.63. The molecule has 0 atom stereocenters. The van der Waals surface area contributed by atoms with E-state index in [4.69, 9.17) is 0 Å². The standard InChI is InChI=1S/C52H51BN2S/c1-49(2,3)30-15-18-32(19-16-30)55-44-28-40-39(51(7,8)23-24-52(40,9)10)27-37(44)34-20-21-35-36-26-38-33-13-11-12-14-45(33)56-46(38)29-43(36)54-42-22-17-31(50(4,5)6)25-41(42)53(55)47(34)48(35)54/h11-22,25-29H,23-24H2,1-10H3. The maximum atomic E-state index is 2.74. The molecule has 0 N–H and O–H groups in total. The molecule has 0 radical (unpaired) electrons. The van der Waals surface area contributed by atoms with E-state index in [0.29, 0.717) is 0 Å². The Bertz CT molecular complexity index is 2990. The quantitative estimate of drug-likeness (QED) is 0.152. The monoisotopic (exact) mass is 746 g/mol. The highest BCUT2D eigenvalue weighted by Crippen LogP contribution is 2.53. The van der Waals surface area contributed by atoms with Gasteiger partial charge in [0.25, 0.3) is 0 Å². The van der Waals surface area contributed by atoms with Crippen LogP contribution in [0, 0.1) is 0 Å². The molecule has 0 amide bonds. The Balaban J connectivity index is 1.31. The lowest BCUT2D eigenvalue weighted by Crippen LogP contribution is -2.61. The lowest BCUT2D eigenvalue weighted by molar-refractivity contribution is 0.332. The van der Waals surface area contributed by atoms with Crippen molar-refractivity contribution in [1.29, 1.82) is 0 Å². The van der Waals surface area contributed by atoms with E-state index in [1.807, 2.05) is 11.3 Å². The molecule has 0 saturated heterocycles. The minimum Gasteiger partial charge on any atom is -0.376 e. The van der Waals surface area contributed by atoms with Gasteiger partial charge in [0.2, 0.25) is 0 Å². The zero-order valence-corrected chi connectivity index (χ0v) is 35.4. The van der Waals surface area contributed by atoms with E-state index in [1.54, 1.807) is 0 Å². The Kier molecular flexibility index (Phi) is 6.76. The van der Waals surface area contributed by atoms with Crippen LogP contribution in [-0.2, 0) is 21.7 Å². The van der Waals surface area contributed by atoms with Crippen molar-refractivity contribution in [3.05, 3.63) is 125 Å². The molecule has 0 unspecified atom stereocenters. The van der Waals surface area contributed by atoms with Crippen molar-refractivity contribution >= 4 is 82.5 Å². The van der Waals surface area contributed by atoms with Gasteiger partial charge in [-0.2, -0.15) is 0 Å². The number of hydrogen-bond acceptors (Lipinski definition) is 2. The molecule has 0 spiro atoms. The predicted octanol–water partition coefficient (Wildman–Crippen LogP) is 13.3. The van der Waals surface area contributed by atoms with Crippen LogP contribution in [0.3, 0.4) is 0 Å². The van der Waals surface area contributed by atoms with Gasteiger partial charge >= 0.3 is 6.85 Å². The maximum Gasteiger partial charge on any atom is 0.333 e. The summed E-state index contributed by atoms with van der Waals surface area (Å²) in [6, 6.07) is 41.0. The molecule has 4 heterocycles. The van der Waals surface area contributed by atoms with E-state index < -0.39 is 0 Å². The molecule has 1 aliphatic carbocycles. The Hall–Kier alpha value is -4.80. The first-order chi connectivity index (χ1) is 26.5. The van der Waals surface area contributed by atoms with Crippen LogP contribution in [0.1, 0.15) is 104 Å². The topological polar surface area (TPSA) is 8.17 Å². The van der Waals surface area contributed by atoms with Crippen LogP contribution in [0.25, 0.3) is 58.8 Å². The smallest absolute Gasteiger partial charge is 0.333 e. The van der Waals surface area contributed by atoms with Gasteiger partial charge in [-0.1, -0.05) is 124 Å². The predicted molar refractivity (Wildman–Crippen MR) is 245 cm³/mol. The number of aromatic nitrogens is 1. The molecule has 0 saturated carbocycles. The SMILES string of the molecule is CC(C)(C)c1ccc(N2B3c4cc(C(C)(C)C)ccc4-n4c5cc6sc7ccccc7c6cc5c5ccc(c3c54)-c3cc4c(cc32)C(C)(C)CCC4(C)C)cc1. The summed E-state index contributed by atoms with van der Waals surface area (Å²) >= 11 is 1.92. The Morgan fingerprint density at radius 2 is 1.25 bits per heavy atom. The summed E-state index contributed by atoms with van der Waals surface area (Å²) in [7, 11) is 0. The number of hydrogen-bond donors (Lipinski definition) is 0. The van der Waals surface area contributed by atoms with E-state index in [1.165, 1.54) is 116 Å². The number of nitrogens with zero attached hydrogens (tertiary/aromatic N) is 2. The maximum absolute atomic E-state index is 2.74. The summed E-state index contributed by atoms with van der Waals surface area (Å²) in [4.78, 5) is 2.74. The van der Waals surface area contributed by atoms with Gasteiger partial charge in [0.1, 0.15) is 0 Å². The summed E-state index contributed by atoms with van der Waals surface area (Å²) in [6.45, 7) is 23.9. The van der Waals surface area contributed by atoms with Crippen LogP contribution < -0.4 is 15.7 Å². The first-order valence-corrected chi connectivity index (χ1v) is 21.5. The lowest BCUT2D eigenvalue weighted by atomic mass is 9.43. The fourth-order valence-electron chi connectivity index (χ4n) is 10.5. The minimum absolute atomic E-state index is 0.00653. The first kappa shape index (κ1) is 34.5. The van der Waals surface area contributed by atoms with Crippen molar-refractivity contribution < 1.29 is 0 Å². The molecule has 2 nitrogen and oxygen atoms in total. The van der Waals surface area contributed by atoms with Gasteiger partial charge in [0, 0.05) is 53.6 Å². The normalized spacial score (nSPS) is 16.8. The molecule has 4 heteroatoms. The third-order valence-corrected chi connectivity index (χ3v) is 15.1. The molecule has 11 rings (SSSR count). The Morgan fingerprint density at radius 1 is 0.571 bits per heavy atom. The van der Waals surface area contributed by atoms with E-state index in [-0.39, 0.29) is 28.5 Å². The molecule has 8 aromatic rings. The van der Waals surface area contributed by atoms with Crippen molar-refractivity contribution in [3.8, 4) is 16.8 Å². The minimum atomic E-state index is 0.00653. The van der Waals surface area contributed by atoms with Gasteiger partial charge in [0.15, 0.2) is 0 Å². The summed E-state index contributed by atoms with van der Waals surface area (Å²) in [6.07, 6.45) is 2.39. The second kappa shape index (κ2) is 11.0. The highest BCUT2D eigenvalue weighted by molar-refractivity contribution is 7.25. The van der Waals surface area contributed by atoms with Crippen LogP contribution in [-0.4, -0.2) is 11.4 Å². The van der Waals surface area contributed by atoms with Crippen molar-refractivity contribution in [3.63, 3.8) is 0 Å². The highest BCUT2D eigenvalue weighted by Gasteiger charge is 2.46. The van der Waals surface area contributed by atoms with E-state index in [9.17, 15) is 0 Å². The highest BCUT2D eigenvalue weighted by atomic mass is 32.1. The van der Waals surface area contributed by atoms with E-state index in [2.05, 4.69) is 182 Å². The van der Waals surface area contributed by atoms with Crippen LogP contribution in [0.4, 0.5) is 11.4 Å². The average molecular weight is 747 g/mol. The van der Waals surface area contributed by atoms with Gasteiger partial charge in [-0.25, -0.2) is 0 Å². The van der Waals surface area contributed by atoms with E-state index in [0.717, 1.165) is 0 Å². The molecule has 6 aromatic carbocycles. The number of anilines is 2. The molecule has 0 bridgehead atoms. The van der Waals surface area contributed by atoms with Crippen LogP contribution >= 0.6 is 11.3 Å². The second-order valence-electron chi connectivity index (χ2n) is 20.5. The van der Waals surface area contributed by atoms with Gasteiger partial charge < -0.3 is 9.38 Å². The third-order valence-electron chi connectivity index (χ3n) is 14.0. The van der Waals surface area contributed by atoms with Crippen molar-refractivity contribution in [2.75, 3.05) is 4.81 Å². The molecule has 278 valence electrons. The zero-order chi connectivity index (χ0) is 38.8. The number of thiophene rings is 1. The molecule has 3 aliphatic rings. The molecule has 2 aromatic heterocycles. The number of benzene rings is 6. The molecule has 56 heavy (non-hydrogen) atoms. The second-order valence-corrected chi connectivity index (χ2v) is 21.6.